The minimum Gasteiger partial charge on any atom is -0.298 e. The van der Waals surface area contributed by atoms with E-state index in [2.05, 4.69) is 17.4 Å². The van der Waals surface area contributed by atoms with Crippen LogP contribution in [-0.2, 0) is 9.59 Å². The van der Waals surface area contributed by atoms with E-state index in [4.69, 9.17) is 12.2 Å². The van der Waals surface area contributed by atoms with Gasteiger partial charge >= 0.3 is 0 Å². The standard InChI is InChI=1S/C25H20N2O2S2/c1-16-8-13-22(17(2)14-16)27-24(29)21(23(28)26-25(27)30)15-18-9-11-20(12-10-18)31-19-6-4-3-5-7-19/h3-15H,1-2H3,(H,26,28,30)/b21-15+. The highest BCUT2D eigenvalue weighted by Gasteiger charge is 2.35. The van der Waals surface area contributed by atoms with Crippen molar-refractivity contribution >= 4 is 52.7 Å². The van der Waals surface area contributed by atoms with E-state index in [0.717, 1.165) is 26.5 Å². The normalized spacial score (nSPS) is 15.4. The van der Waals surface area contributed by atoms with Crippen molar-refractivity contribution in [1.29, 1.82) is 0 Å². The molecule has 0 aromatic heterocycles. The van der Waals surface area contributed by atoms with Crippen molar-refractivity contribution < 1.29 is 9.59 Å². The molecule has 4 rings (SSSR count). The van der Waals surface area contributed by atoms with Gasteiger partial charge < -0.3 is 0 Å². The van der Waals surface area contributed by atoms with Gasteiger partial charge in [-0.25, -0.2) is 0 Å². The van der Waals surface area contributed by atoms with Crippen molar-refractivity contribution in [2.45, 2.75) is 23.6 Å². The third kappa shape index (κ3) is 4.60. The Hall–Kier alpha value is -3.22. The summed E-state index contributed by atoms with van der Waals surface area (Å²) in [5.74, 6) is -0.915. The average Bonchev–Trinajstić information content (AvgIpc) is 2.74. The molecule has 1 aliphatic rings. The highest BCUT2D eigenvalue weighted by Crippen LogP contribution is 2.29. The highest BCUT2D eigenvalue weighted by atomic mass is 32.2. The third-order valence-corrected chi connectivity index (χ3v) is 6.17. The van der Waals surface area contributed by atoms with E-state index < -0.39 is 11.8 Å². The molecule has 1 heterocycles. The molecule has 6 heteroatoms. The molecule has 1 fully saturated rings. The molecular weight excluding hydrogens is 424 g/mol. The Bertz CT molecular complexity index is 1200. The first-order chi connectivity index (χ1) is 14.9. The van der Waals surface area contributed by atoms with Gasteiger partial charge in [0.15, 0.2) is 5.11 Å². The van der Waals surface area contributed by atoms with Gasteiger partial charge in [0.05, 0.1) is 5.69 Å². The second-order valence-electron chi connectivity index (χ2n) is 7.23. The number of amides is 2. The van der Waals surface area contributed by atoms with Crippen molar-refractivity contribution in [1.82, 2.24) is 5.32 Å². The highest BCUT2D eigenvalue weighted by molar-refractivity contribution is 7.99. The van der Waals surface area contributed by atoms with Crippen LogP contribution in [0.2, 0.25) is 0 Å². The number of hydrogen-bond acceptors (Lipinski definition) is 4. The molecule has 3 aromatic rings. The first-order valence-corrected chi connectivity index (χ1v) is 11.0. The molecule has 0 spiro atoms. The number of carbonyl (C=O) groups is 2. The van der Waals surface area contributed by atoms with Gasteiger partial charge in [0.2, 0.25) is 0 Å². The number of carbonyl (C=O) groups excluding carboxylic acids is 2. The zero-order chi connectivity index (χ0) is 22.0. The molecule has 1 saturated heterocycles. The second-order valence-corrected chi connectivity index (χ2v) is 8.77. The molecule has 3 aromatic carbocycles. The van der Waals surface area contributed by atoms with E-state index in [1.807, 2.05) is 74.5 Å². The number of nitrogens with zero attached hydrogens (tertiary/aromatic N) is 1. The van der Waals surface area contributed by atoms with E-state index >= 15 is 0 Å². The maximum absolute atomic E-state index is 13.2. The fourth-order valence-electron chi connectivity index (χ4n) is 3.36. The number of nitrogens with one attached hydrogen (secondary N) is 1. The molecule has 1 aliphatic heterocycles. The van der Waals surface area contributed by atoms with Crippen molar-refractivity contribution in [2.24, 2.45) is 0 Å². The molecule has 4 nitrogen and oxygen atoms in total. The molecule has 0 radical (unpaired) electrons. The summed E-state index contributed by atoms with van der Waals surface area (Å²) in [7, 11) is 0. The van der Waals surface area contributed by atoms with Gasteiger partial charge in [-0.3, -0.25) is 19.8 Å². The van der Waals surface area contributed by atoms with Gasteiger partial charge in [-0.1, -0.05) is 59.8 Å². The third-order valence-electron chi connectivity index (χ3n) is 4.86. The minimum absolute atomic E-state index is 0.0528. The lowest BCUT2D eigenvalue weighted by atomic mass is 10.0. The molecule has 0 atom stereocenters. The SMILES string of the molecule is Cc1ccc(N2C(=O)/C(=C/c3ccc(Sc4ccccc4)cc3)C(=O)NC2=S)c(C)c1. The molecule has 2 amide bonds. The minimum atomic E-state index is -0.487. The van der Waals surface area contributed by atoms with Gasteiger partial charge in [0, 0.05) is 9.79 Å². The van der Waals surface area contributed by atoms with E-state index in [1.54, 1.807) is 17.8 Å². The summed E-state index contributed by atoms with van der Waals surface area (Å²) in [6.45, 7) is 3.90. The van der Waals surface area contributed by atoms with Crippen molar-refractivity contribution in [3.63, 3.8) is 0 Å². The number of benzene rings is 3. The van der Waals surface area contributed by atoms with Crippen LogP contribution in [0.1, 0.15) is 16.7 Å². The summed E-state index contributed by atoms with van der Waals surface area (Å²) in [5.41, 5.74) is 3.49. The predicted octanol–water partition coefficient (Wildman–Crippen LogP) is 5.29. The number of hydrogen-bond donors (Lipinski definition) is 1. The molecule has 31 heavy (non-hydrogen) atoms. The number of anilines is 1. The maximum atomic E-state index is 13.2. The topological polar surface area (TPSA) is 49.4 Å². The van der Waals surface area contributed by atoms with Crippen LogP contribution in [0.4, 0.5) is 5.69 Å². The van der Waals surface area contributed by atoms with Crippen LogP contribution in [0.3, 0.4) is 0 Å². The average molecular weight is 445 g/mol. The Morgan fingerprint density at radius 2 is 1.58 bits per heavy atom. The largest absolute Gasteiger partial charge is 0.298 e. The smallest absolute Gasteiger partial charge is 0.270 e. The van der Waals surface area contributed by atoms with Crippen LogP contribution in [0, 0.1) is 13.8 Å². The van der Waals surface area contributed by atoms with Gasteiger partial charge in [-0.05, 0) is 73.6 Å². The molecule has 154 valence electrons. The van der Waals surface area contributed by atoms with Gasteiger partial charge in [-0.2, -0.15) is 0 Å². The number of aryl methyl sites for hydroxylation is 2. The van der Waals surface area contributed by atoms with E-state index in [9.17, 15) is 9.59 Å². The van der Waals surface area contributed by atoms with Crippen molar-refractivity contribution in [3.05, 3.63) is 95.1 Å². The van der Waals surface area contributed by atoms with Crippen LogP contribution in [0.5, 0.6) is 0 Å². The lowest BCUT2D eigenvalue weighted by Gasteiger charge is -2.30. The first kappa shape index (κ1) is 21.0. The molecule has 1 N–H and O–H groups in total. The zero-order valence-electron chi connectivity index (χ0n) is 17.1. The van der Waals surface area contributed by atoms with Crippen LogP contribution in [0.15, 0.2) is 88.2 Å². The quantitative estimate of drug-likeness (QED) is 0.338. The molecule has 0 unspecified atom stereocenters. The van der Waals surface area contributed by atoms with Crippen LogP contribution in [-0.4, -0.2) is 16.9 Å². The first-order valence-electron chi connectivity index (χ1n) is 9.74. The van der Waals surface area contributed by atoms with Gasteiger partial charge in [-0.15, -0.1) is 0 Å². The summed E-state index contributed by atoms with van der Waals surface area (Å²) in [6.07, 6.45) is 1.60. The van der Waals surface area contributed by atoms with Crippen LogP contribution < -0.4 is 10.2 Å². The van der Waals surface area contributed by atoms with Crippen molar-refractivity contribution in [2.75, 3.05) is 4.90 Å². The molecule has 0 saturated carbocycles. The van der Waals surface area contributed by atoms with E-state index in [1.165, 1.54) is 4.90 Å². The monoisotopic (exact) mass is 444 g/mol. The Kier molecular flexibility index (Phi) is 6.02. The lowest BCUT2D eigenvalue weighted by molar-refractivity contribution is -0.122. The predicted molar refractivity (Wildman–Crippen MR) is 129 cm³/mol. The number of rotatable bonds is 4. The maximum Gasteiger partial charge on any atom is 0.270 e. The Balaban J connectivity index is 1.61. The summed E-state index contributed by atoms with van der Waals surface area (Å²) < 4.78 is 0. The summed E-state index contributed by atoms with van der Waals surface area (Å²) >= 11 is 6.95. The van der Waals surface area contributed by atoms with Gasteiger partial charge in [0.1, 0.15) is 5.57 Å². The molecular formula is C25H20N2O2S2. The summed E-state index contributed by atoms with van der Waals surface area (Å²) in [5, 5.41) is 2.73. The number of thiocarbonyl (C=S) groups is 1. The summed E-state index contributed by atoms with van der Waals surface area (Å²) in [6, 6.07) is 23.6. The Labute approximate surface area is 191 Å². The summed E-state index contributed by atoms with van der Waals surface area (Å²) in [4.78, 5) is 29.3. The molecule has 0 aliphatic carbocycles. The lowest BCUT2D eigenvalue weighted by Crippen LogP contribution is -2.54. The Morgan fingerprint density at radius 3 is 2.26 bits per heavy atom. The fourth-order valence-corrected chi connectivity index (χ4v) is 4.47. The molecule has 0 bridgehead atoms. The van der Waals surface area contributed by atoms with Crippen molar-refractivity contribution in [3.8, 4) is 0 Å². The van der Waals surface area contributed by atoms with Gasteiger partial charge in [0.25, 0.3) is 11.8 Å². The fraction of sp³-hybridized carbons (Fsp3) is 0.0800. The van der Waals surface area contributed by atoms with E-state index in [-0.39, 0.29) is 10.7 Å². The zero-order valence-corrected chi connectivity index (χ0v) is 18.7. The van der Waals surface area contributed by atoms with Crippen LogP contribution >= 0.6 is 24.0 Å². The van der Waals surface area contributed by atoms with E-state index in [0.29, 0.717) is 5.69 Å². The van der Waals surface area contributed by atoms with Crippen LogP contribution in [0.25, 0.3) is 6.08 Å². The Morgan fingerprint density at radius 1 is 0.903 bits per heavy atom. The second kappa shape index (κ2) is 8.88.